The highest BCUT2D eigenvalue weighted by Crippen LogP contribution is 2.59. The van der Waals surface area contributed by atoms with Crippen LogP contribution in [0.2, 0.25) is 0 Å². The molecular formula is C29H32F3N5O3. The Bertz CT molecular complexity index is 1410. The fourth-order valence-corrected chi connectivity index (χ4v) is 6.23. The lowest BCUT2D eigenvalue weighted by atomic mass is 9.62. The Morgan fingerprint density at radius 1 is 1.10 bits per heavy atom. The number of aliphatic hydroxyl groups is 1. The Hall–Kier alpha value is -3.31. The summed E-state index contributed by atoms with van der Waals surface area (Å²) in [5, 5.41) is 19.7. The fraction of sp³-hybridized carbons (Fsp3) is 0.517. The van der Waals surface area contributed by atoms with E-state index in [1.165, 1.54) is 12.1 Å². The van der Waals surface area contributed by atoms with Crippen LogP contribution in [0.5, 0.6) is 0 Å². The lowest BCUT2D eigenvalue weighted by molar-refractivity contribution is -0.160. The highest BCUT2D eigenvalue weighted by atomic mass is 19.4. The molecule has 2 aromatic heterocycles. The van der Waals surface area contributed by atoms with Crippen LogP contribution in [-0.2, 0) is 15.8 Å². The van der Waals surface area contributed by atoms with Crippen LogP contribution in [0.1, 0.15) is 68.0 Å². The number of nitrogens with zero attached hydrogens (tertiary/aromatic N) is 4. The van der Waals surface area contributed by atoms with Crippen molar-refractivity contribution >= 4 is 5.91 Å². The second-order valence-electron chi connectivity index (χ2n) is 11.7. The summed E-state index contributed by atoms with van der Waals surface area (Å²) in [6, 6.07) is 7.98. The molecule has 3 aliphatic rings. The molecule has 2 saturated heterocycles. The zero-order valence-corrected chi connectivity index (χ0v) is 22.5. The van der Waals surface area contributed by atoms with Crippen LogP contribution in [0, 0.1) is 5.41 Å². The SMILES string of the molecule is CC(=O)N1CCC(c2nc(-c3cncc([C@@](O)(c4ccc(C5(C(F)(F)F)CC5)cc4)C4(C)CNC4)c3)no2)CC1. The molecule has 2 N–H and O–H groups in total. The molecule has 1 aromatic carbocycles. The Labute approximate surface area is 230 Å². The standard InChI is InChI=1S/C29H32F3N5O3/c1-18(38)37-11-7-19(8-12-37)25-35-24(36-40-25)20-13-23(15-33-14-20)28(39,26(2)16-34-17-26)22-5-3-21(4-6-22)27(9-10-27)29(30,31)32/h3-6,13-15,19,34,39H,7-12,16-17H2,1-2H3/t28-/m0/s1. The first-order chi connectivity index (χ1) is 19.0. The van der Waals surface area contributed by atoms with Gasteiger partial charge in [0.1, 0.15) is 5.60 Å². The maximum Gasteiger partial charge on any atom is 0.398 e. The largest absolute Gasteiger partial charge is 0.398 e. The van der Waals surface area contributed by atoms with Crippen LogP contribution >= 0.6 is 0 Å². The van der Waals surface area contributed by atoms with Crippen molar-refractivity contribution in [2.45, 2.75) is 62.6 Å². The highest BCUT2D eigenvalue weighted by molar-refractivity contribution is 5.73. The van der Waals surface area contributed by atoms with Crippen molar-refractivity contribution in [3.63, 3.8) is 0 Å². The third kappa shape index (κ3) is 4.21. The lowest BCUT2D eigenvalue weighted by Crippen LogP contribution is -2.63. The minimum atomic E-state index is -4.30. The second-order valence-corrected chi connectivity index (χ2v) is 11.7. The van der Waals surface area contributed by atoms with Gasteiger partial charge < -0.3 is 19.8 Å². The summed E-state index contributed by atoms with van der Waals surface area (Å²) in [4.78, 5) is 22.4. The smallest absolute Gasteiger partial charge is 0.380 e. The number of rotatable bonds is 6. The second kappa shape index (κ2) is 9.37. The summed E-state index contributed by atoms with van der Waals surface area (Å²) in [7, 11) is 0. The topological polar surface area (TPSA) is 104 Å². The quantitative estimate of drug-likeness (QED) is 0.468. The number of hydrogen-bond donors (Lipinski definition) is 2. The average Bonchev–Trinajstić information content (AvgIpc) is 3.62. The molecule has 1 aliphatic carbocycles. The number of likely N-dealkylation sites (tertiary alicyclic amines) is 1. The number of halogens is 3. The Kier molecular flexibility index (Phi) is 6.30. The summed E-state index contributed by atoms with van der Waals surface area (Å²) in [6.07, 6.45) is 0.499. The van der Waals surface area contributed by atoms with Gasteiger partial charge in [-0.1, -0.05) is 36.3 Å². The summed E-state index contributed by atoms with van der Waals surface area (Å²) in [6.45, 7) is 5.82. The summed E-state index contributed by atoms with van der Waals surface area (Å²) in [5.41, 5.74) is -2.14. The molecule has 212 valence electrons. The number of nitrogens with one attached hydrogen (secondary N) is 1. The van der Waals surface area contributed by atoms with E-state index in [0.29, 0.717) is 54.6 Å². The van der Waals surface area contributed by atoms with Crippen molar-refractivity contribution in [2.24, 2.45) is 5.41 Å². The van der Waals surface area contributed by atoms with Crippen LogP contribution in [0.25, 0.3) is 11.4 Å². The van der Waals surface area contributed by atoms with Crippen molar-refractivity contribution in [3.05, 3.63) is 65.3 Å². The van der Waals surface area contributed by atoms with E-state index in [4.69, 9.17) is 4.52 Å². The zero-order valence-electron chi connectivity index (χ0n) is 22.5. The first kappa shape index (κ1) is 26.9. The minimum Gasteiger partial charge on any atom is -0.380 e. The van der Waals surface area contributed by atoms with Crippen LogP contribution < -0.4 is 5.32 Å². The van der Waals surface area contributed by atoms with E-state index in [0.717, 1.165) is 12.8 Å². The first-order valence-corrected chi connectivity index (χ1v) is 13.6. The van der Waals surface area contributed by atoms with Gasteiger partial charge in [-0.15, -0.1) is 0 Å². The number of carbonyl (C=O) groups excluding carboxylic acids is 1. The average molecular weight is 556 g/mol. The molecule has 11 heteroatoms. The van der Waals surface area contributed by atoms with Crippen molar-refractivity contribution in [3.8, 4) is 11.4 Å². The van der Waals surface area contributed by atoms with E-state index >= 15 is 0 Å². The van der Waals surface area contributed by atoms with Crippen LogP contribution in [-0.4, -0.2) is 63.4 Å². The van der Waals surface area contributed by atoms with E-state index in [-0.39, 0.29) is 30.2 Å². The molecule has 1 amide bonds. The van der Waals surface area contributed by atoms with E-state index in [1.807, 2.05) is 6.92 Å². The molecule has 8 nitrogen and oxygen atoms in total. The predicted molar refractivity (Wildman–Crippen MR) is 139 cm³/mol. The van der Waals surface area contributed by atoms with E-state index < -0.39 is 22.6 Å². The van der Waals surface area contributed by atoms with Crippen LogP contribution in [0.15, 0.2) is 47.2 Å². The Morgan fingerprint density at radius 3 is 2.33 bits per heavy atom. The van der Waals surface area contributed by atoms with E-state index in [9.17, 15) is 23.1 Å². The number of carbonyl (C=O) groups is 1. The molecule has 0 radical (unpaired) electrons. The molecule has 1 saturated carbocycles. The Morgan fingerprint density at radius 2 is 1.77 bits per heavy atom. The van der Waals surface area contributed by atoms with E-state index in [2.05, 4.69) is 20.4 Å². The van der Waals surface area contributed by atoms with Gasteiger partial charge >= 0.3 is 6.18 Å². The maximum atomic E-state index is 13.7. The number of amides is 1. The number of hydrogen-bond acceptors (Lipinski definition) is 7. The number of alkyl halides is 3. The highest BCUT2D eigenvalue weighted by Gasteiger charge is 2.64. The van der Waals surface area contributed by atoms with E-state index in [1.54, 1.807) is 42.4 Å². The number of benzene rings is 1. The molecule has 3 fully saturated rings. The molecule has 0 unspecified atom stereocenters. The number of aromatic nitrogens is 3. The molecule has 0 bridgehead atoms. The Balaban J connectivity index is 1.31. The number of pyridine rings is 1. The van der Waals surface area contributed by atoms with Crippen molar-refractivity contribution in [1.29, 1.82) is 0 Å². The van der Waals surface area contributed by atoms with Crippen LogP contribution in [0.4, 0.5) is 13.2 Å². The third-order valence-corrected chi connectivity index (χ3v) is 9.20. The van der Waals surface area contributed by atoms with Gasteiger partial charge in [0.2, 0.25) is 17.6 Å². The summed E-state index contributed by atoms with van der Waals surface area (Å²) in [5.74, 6) is 0.948. The van der Waals surface area contributed by atoms with Crippen LogP contribution in [0.3, 0.4) is 0 Å². The molecular weight excluding hydrogens is 523 g/mol. The fourth-order valence-electron chi connectivity index (χ4n) is 6.23. The first-order valence-electron chi connectivity index (χ1n) is 13.6. The van der Waals surface area contributed by atoms with Crippen molar-refractivity contribution in [2.75, 3.05) is 26.2 Å². The molecule has 6 rings (SSSR count). The van der Waals surface area contributed by atoms with Gasteiger partial charge in [0.25, 0.3) is 0 Å². The molecule has 1 atom stereocenters. The van der Waals surface area contributed by atoms with Gasteiger partial charge in [0, 0.05) is 68.0 Å². The van der Waals surface area contributed by atoms with Gasteiger partial charge in [-0.3, -0.25) is 9.78 Å². The number of piperidine rings is 1. The lowest BCUT2D eigenvalue weighted by Gasteiger charge is -2.52. The van der Waals surface area contributed by atoms with Gasteiger partial charge in [-0.05, 0) is 42.9 Å². The molecule has 0 spiro atoms. The zero-order chi connectivity index (χ0) is 28.3. The molecule has 4 heterocycles. The monoisotopic (exact) mass is 555 g/mol. The van der Waals surface area contributed by atoms with Crippen molar-refractivity contribution in [1.82, 2.24) is 25.3 Å². The summed E-state index contributed by atoms with van der Waals surface area (Å²) >= 11 is 0. The van der Waals surface area contributed by atoms with Gasteiger partial charge in [-0.2, -0.15) is 18.2 Å². The summed E-state index contributed by atoms with van der Waals surface area (Å²) < 4.78 is 46.7. The molecule has 3 aromatic rings. The molecule has 40 heavy (non-hydrogen) atoms. The predicted octanol–water partition coefficient (Wildman–Crippen LogP) is 4.30. The normalized spacial score (nSPS) is 21.9. The minimum absolute atomic E-state index is 0.0508. The maximum absolute atomic E-state index is 13.7. The third-order valence-electron chi connectivity index (χ3n) is 9.20. The van der Waals surface area contributed by atoms with Gasteiger partial charge in [0.15, 0.2) is 0 Å². The van der Waals surface area contributed by atoms with Gasteiger partial charge in [0.05, 0.1) is 5.41 Å². The van der Waals surface area contributed by atoms with Crippen molar-refractivity contribution < 1.29 is 27.6 Å². The molecule has 2 aliphatic heterocycles. The van der Waals surface area contributed by atoms with Gasteiger partial charge in [-0.25, -0.2) is 0 Å².